The van der Waals surface area contributed by atoms with Gasteiger partial charge >= 0.3 is 0 Å². The van der Waals surface area contributed by atoms with E-state index in [4.69, 9.17) is 0 Å². The summed E-state index contributed by atoms with van der Waals surface area (Å²) in [6, 6.07) is 8.96. The van der Waals surface area contributed by atoms with Gasteiger partial charge in [0.1, 0.15) is 0 Å². The van der Waals surface area contributed by atoms with Gasteiger partial charge in [-0.1, -0.05) is 52.9 Å². The Morgan fingerprint density at radius 2 is 0.963 bits per heavy atom. The lowest BCUT2D eigenvalue weighted by atomic mass is 9.90. The van der Waals surface area contributed by atoms with E-state index in [0.717, 1.165) is 35.5 Å². The van der Waals surface area contributed by atoms with E-state index in [9.17, 15) is 0 Å². The number of rotatable bonds is 2. The monoisotopic (exact) mass is 420 g/mol. The summed E-state index contributed by atoms with van der Waals surface area (Å²) < 4.78 is 0. The van der Waals surface area contributed by atoms with Gasteiger partial charge in [-0.25, -0.2) is 0 Å². The summed E-state index contributed by atoms with van der Waals surface area (Å²) in [5.74, 6) is 5.31. The summed E-state index contributed by atoms with van der Waals surface area (Å²) in [6.45, 7) is 14.1. The summed E-state index contributed by atoms with van der Waals surface area (Å²) in [4.78, 5) is 3.21. The Morgan fingerprint density at radius 1 is 0.667 bits per heavy atom. The minimum Gasteiger partial charge on any atom is -0.149 e. The Labute approximate surface area is 178 Å². The van der Waals surface area contributed by atoms with Crippen LogP contribution in [-0.2, 0) is 0 Å². The molecular weight excluding hydrogens is 380 g/mol. The van der Waals surface area contributed by atoms with Crippen LogP contribution in [0, 0.1) is 23.7 Å². The molecule has 27 heavy (non-hydrogen) atoms. The van der Waals surface area contributed by atoms with Crippen LogP contribution in [0.25, 0.3) is 0 Å². The van der Waals surface area contributed by atoms with Crippen molar-refractivity contribution in [3.8, 4) is 0 Å². The maximum absolute atomic E-state index is 2.40. The van der Waals surface area contributed by atoms with E-state index in [0.29, 0.717) is 9.52 Å². The van der Waals surface area contributed by atoms with Crippen molar-refractivity contribution in [2.24, 2.45) is 23.7 Å². The Bertz CT molecular complexity index is 530. The lowest BCUT2D eigenvalue weighted by Crippen LogP contribution is -2.06. The van der Waals surface area contributed by atoms with Crippen molar-refractivity contribution >= 4 is 32.2 Å². The molecule has 0 spiro atoms. The molecule has 0 radical (unpaired) electrons. The van der Waals surface area contributed by atoms with E-state index in [1.807, 2.05) is 22.7 Å². The molecule has 2 aliphatic rings. The van der Waals surface area contributed by atoms with Crippen molar-refractivity contribution in [2.75, 3.05) is 0 Å². The van der Waals surface area contributed by atoms with E-state index in [1.165, 1.54) is 25.7 Å². The van der Waals surface area contributed by atoms with Crippen LogP contribution in [-0.4, -0.2) is 9.52 Å². The van der Waals surface area contributed by atoms with Crippen LogP contribution in [0.3, 0.4) is 0 Å². The van der Waals surface area contributed by atoms with Crippen LogP contribution in [0.1, 0.15) is 75.0 Å². The average molecular weight is 421 g/mol. The van der Waals surface area contributed by atoms with Crippen molar-refractivity contribution in [1.29, 1.82) is 0 Å². The molecule has 4 atom stereocenters. The lowest BCUT2D eigenvalue weighted by Gasteiger charge is -2.17. The van der Waals surface area contributed by atoms with E-state index in [2.05, 4.69) is 75.8 Å². The third-order valence-corrected chi connectivity index (χ3v) is 8.30. The average Bonchev–Trinajstić information content (AvgIpc) is 3.40. The minimum atomic E-state index is 0.417. The third kappa shape index (κ3) is 6.30. The summed E-state index contributed by atoms with van der Waals surface area (Å²) in [7, 11) is 0.417. The first-order valence-electron chi connectivity index (χ1n) is 11.1. The van der Waals surface area contributed by atoms with Crippen molar-refractivity contribution < 1.29 is 0 Å². The second-order valence-electron chi connectivity index (χ2n) is 8.85. The van der Waals surface area contributed by atoms with Gasteiger partial charge in [-0.2, -0.15) is 0 Å². The van der Waals surface area contributed by atoms with Gasteiger partial charge in [0.05, 0.1) is 0 Å². The highest BCUT2D eigenvalue weighted by molar-refractivity contribution is 7.10. The van der Waals surface area contributed by atoms with Gasteiger partial charge in [-0.3, -0.25) is 0 Å². The van der Waals surface area contributed by atoms with Crippen LogP contribution >= 0.6 is 22.7 Å². The Morgan fingerprint density at radius 3 is 1.19 bits per heavy atom. The van der Waals surface area contributed by atoms with Crippen LogP contribution in [0.5, 0.6) is 0 Å². The highest BCUT2D eigenvalue weighted by atomic mass is 32.1. The van der Waals surface area contributed by atoms with Gasteiger partial charge < -0.3 is 0 Å². The molecular formula is C24H40S2Si. The van der Waals surface area contributed by atoms with Crippen LogP contribution in [0.2, 0.25) is 13.1 Å². The summed E-state index contributed by atoms with van der Waals surface area (Å²) in [6.07, 6.45) is 5.68. The predicted molar refractivity (Wildman–Crippen MR) is 130 cm³/mol. The van der Waals surface area contributed by atoms with Crippen molar-refractivity contribution in [3.63, 3.8) is 0 Å². The third-order valence-electron chi connectivity index (χ3n) is 6.35. The molecule has 0 aromatic carbocycles. The SMILES string of the molecule is CC1CCC(C)C1c1cccs1.CC1CCC(C)C1c1cccs1.C[SiH2]C. The molecule has 4 rings (SSSR count). The standard InChI is InChI=1S/2C11H16S.C2H8Si/c2*1-8-5-6-9(2)11(8)10-4-3-7-12-10;1-3-2/h2*3-4,7-9,11H,5-6H2,1-2H3;3H2,1-2H3. The molecule has 2 fully saturated rings. The fourth-order valence-electron chi connectivity index (χ4n) is 4.98. The van der Waals surface area contributed by atoms with Gasteiger partial charge in [-0.05, 0) is 84.1 Å². The molecule has 2 saturated carbocycles. The summed E-state index contributed by atoms with van der Waals surface area (Å²) >= 11 is 3.86. The zero-order chi connectivity index (χ0) is 19.8. The summed E-state index contributed by atoms with van der Waals surface area (Å²) in [5.41, 5.74) is 0. The molecule has 2 aromatic rings. The predicted octanol–water partition coefficient (Wildman–Crippen LogP) is 8.05. The first kappa shape index (κ1) is 22.9. The second kappa shape index (κ2) is 11.6. The molecule has 0 aliphatic heterocycles. The smallest absolute Gasteiger partial charge is 0.0135 e. The molecule has 0 nitrogen and oxygen atoms in total. The number of thiophene rings is 2. The maximum atomic E-state index is 2.40. The molecule has 3 heteroatoms. The topological polar surface area (TPSA) is 0 Å². The van der Waals surface area contributed by atoms with Crippen LogP contribution in [0.4, 0.5) is 0 Å². The van der Waals surface area contributed by atoms with Gasteiger partial charge in [0.25, 0.3) is 0 Å². The summed E-state index contributed by atoms with van der Waals surface area (Å²) in [5, 5.41) is 4.40. The molecule has 0 saturated heterocycles. The molecule has 2 aromatic heterocycles. The molecule has 2 aliphatic carbocycles. The largest absolute Gasteiger partial charge is 0.149 e. The van der Waals surface area contributed by atoms with Crippen molar-refractivity contribution in [3.05, 3.63) is 44.8 Å². The number of hydrogen-bond donors (Lipinski definition) is 0. The zero-order valence-corrected chi connectivity index (χ0v) is 21.3. The first-order chi connectivity index (χ1) is 13.0. The van der Waals surface area contributed by atoms with E-state index >= 15 is 0 Å². The fourth-order valence-corrected chi connectivity index (χ4v) is 7.16. The van der Waals surface area contributed by atoms with Gasteiger partial charge in [0.2, 0.25) is 0 Å². The molecule has 0 amide bonds. The molecule has 152 valence electrons. The van der Waals surface area contributed by atoms with E-state index in [1.54, 1.807) is 9.75 Å². The first-order valence-corrected chi connectivity index (χ1v) is 15.6. The van der Waals surface area contributed by atoms with E-state index in [-0.39, 0.29) is 0 Å². The molecule has 2 heterocycles. The van der Waals surface area contributed by atoms with Gasteiger partial charge in [0.15, 0.2) is 0 Å². The Balaban J connectivity index is 0.000000170. The maximum Gasteiger partial charge on any atom is 0.0135 e. The van der Waals surface area contributed by atoms with Gasteiger partial charge in [0, 0.05) is 19.3 Å². The minimum absolute atomic E-state index is 0.417. The fraction of sp³-hybridized carbons (Fsp3) is 0.667. The molecule has 4 unspecified atom stereocenters. The zero-order valence-electron chi connectivity index (χ0n) is 18.3. The highest BCUT2D eigenvalue weighted by Crippen LogP contribution is 2.45. The second-order valence-corrected chi connectivity index (χ2v) is 12.2. The Hall–Kier alpha value is -0.383. The normalized spacial score (nSPS) is 32.4. The highest BCUT2D eigenvalue weighted by Gasteiger charge is 2.32. The Kier molecular flexibility index (Phi) is 9.82. The lowest BCUT2D eigenvalue weighted by molar-refractivity contribution is 0.467. The van der Waals surface area contributed by atoms with E-state index < -0.39 is 0 Å². The number of hydrogen-bond acceptors (Lipinski definition) is 2. The van der Waals surface area contributed by atoms with Gasteiger partial charge in [-0.15, -0.1) is 22.7 Å². The molecule has 0 N–H and O–H groups in total. The van der Waals surface area contributed by atoms with Crippen molar-refractivity contribution in [1.82, 2.24) is 0 Å². The van der Waals surface area contributed by atoms with Crippen LogP contribution < -0.4 is 0 Å². The molecule has 0 bridgehead atoms. The van der Waals surface area contributed by atoms with Crippen LogP contribution in [0.15, 0.2) is 35.0 Å². The van der Waals surface area contributed by atoms with Crippen molar-refractivity contribution in [2.45, 2.75) is 78.3 Å². The quantitative estimate of drug-likeness (QED) is 0.431.